The summed E-state index contributed by atoms with van der Waals surface area (Å²) in [7, 11) is 2.11. The molecule has 4 heteroatoms. The van der Waals surface area contributed by atoms with Crippen molar-refractivity contribution in [1.29, 1.82) is 0 Å². The van der Waals surface area contributed by atoms with E-state index >= 15 is 0 Å². The van der Waals surface area contributed by atoms with E-state index in [9.17, 15) is 0 Å². The highest BCUT2D eigenvalue weighted by Gasteiger charge is 2.39. The Labute approximate surface area is 145 Å². The fourth-order valence-corrected chi connectivity index (χ4v) is 3.21. The highest BCUT2D eigenvalue weighted by Crippen LogP contribution is 2.43. The van der Waals surface area contributed by atoms with Gasteiger partial charge in [0, 0.05) is 25.6 Å². The van der Waals surface area contributed by atoms with Crippen LogP contribution in [-0.4, -0.2) is 37.5 Å². The Bertz CT molecular complexity index is 535. The average molecular weight is 399 g/mol. The maximum absolute atomic E-state index is 4.53. The molecule has 1 aliphatic heterocycles. The SMILES string of the molecule is Cc1ccc(C2(CNC3=NCCN3C)CCC2)cc1C.I. The lowest BCUT2D eigenvalue weighted by atomic mass is 9.64. The predicted molar refractivity (Wildman–Crippen MR) is 99.8 cm³/mol. The molecular weight excluding hydrogens is 373 g/mol. The van der Waals surface area contributed by atoms with Crippen LogP contribution in [0, 0.1) is 13.8 Å². The Morgan fingerprint density at radius 1 is 1.24 bits per heavy atom. The van der Waals surface area contributed by atoms with E-state index in [-0.39, 0.29) is 24.0 Å². The van der Waals surface area contributed by atoms with Crippen molar-refractivity contribution >= 4 is 29.9 Å². The molecule has 0 amide bonds. The molecule has 1 fully saturated rings. The number of aryl methyl sites for hydroxylation is 2. The molecule has 0 spiro atoms. The molecule has 1 saturated carbocycles. The second kappa shape index (κ2) is 6.55. The highest BCUT2D eigenvalue weighted by molar-refractivity contribution is 14.0. The van der Waals surface area contributed by atoms with Crippen LogP contribution in [-0.2, 0) is 5.41 Å². The highest BCUT2D eigenvalue weighted by atomic mass is 127. The molecule has 0 bridgehead atoms. The number of nitrogens with zero attached hydrogens (tertiary/aromatic N) is 2. The lowest BCUT2D eigenvalue weighted by Crippen LogP contribution is -2.48. The first-order chi connectivity index (χ1) is 9.61. The van der Waals surface area contributed by atoms with Gasteiger partial charge in [0.25, 0.3) is 0 Å². The molecule has 0 radical (unpaired) electrons. The summed E-state index contributed by atoms with van der Waals surface area (Å²) in [4.78, 5) is 6.75. The van der Waals surface area contributed by atoms with E-state index in [2.05, 4.69) is 54.3 Å². The van der Waals surface area contributed by atoms with E-state index in [0.717, 1.165) is 25.6 Å². The summed E-state index contributed by atoms with van der Waals surface area (Å²) in [6.45, 7) is 7.38. The molecule has 1 N–H and O–H groups in total. The number of likely N-dealkylation sites (N-methyl/N-ethyl adjacent to an activating group) is 1. The number of benzene rings is 1. The van der Waals surface area contributed by atoms with E-state index in [1.807, 2.05) is 0 Å². The minimum atomic E-state index is 0. The molecule has 3 nitrogen and oxygen atoms in total. The number of rotatable bonds is 3. The summed E-state index contributed by atoms with van der Waals surface area (Å²) in [5, 5.41) is 3.58. The van der Waals surface area contributed by atoms with Gasteiger partial charge in [0.1, 0.15) is 0 Å². The molecule has 21 heavy (non-hydrogen) atoms. The van der Waals surface area contributed by atoms with Crippen LogP contribution in [0.2, 0.25) is 0 Å². The van der Waals surface area contributed by atoms with Gasteiger partial charge >= 0.3 is 0 Å². The smallest absolute Gasteiger partial charge is 0.193 e. The van der Waals surface area contributed by atoms with Gasteiger partial charge in [-0.2, -0.15) is 0 Å². The first-order valence-corrected chi connectivity index (χ1v) is 7.68. The van der Waals surface area contributed by atoms with Crippen LogP contribution in [0.25, 0.3) is 0 Å². The number of aliphatic imine (C=N–C) groups is 1. The van der Waals surface area contributed by atoms with Crippen molar-refractivity contribution in [2.75, 3.05) is 26.7 Å². The summed E-state index contributed by atoms with van der Waals surface area (Å²) < 4.78 is 0. The summed E-state index contributed by atoms with van der Waals surface area (Å²) >= 11 is 0. The van der Waals surface area contributed by atoms with Gasteiger partial charge in [-0.15, -0.1) is 24.0 Å². The Balaban J connectivity index is 0.00000161. The molecule has 1 aromatic carbocycles. The van der Waals surface area contributed by atoms with Crippen LogP contribution in [0.15, 0.2) is 23.2 Å². The van der Waals surface area contributed by atoms with Gasteiger partial charge < -0.3 is 10.2 Å². The largest absolute Gasteiger partial charge is 0.355 e. The standard InChI is InChI=1S/C17H25N3.HI/c1-13-5-6-15(11-14(13)2)17(7-4-8-17)12-19-16-18-9-10-20(16)3;/h5-6,11H,4,7-10,12H2,1-3H3,(H,18,19);1H. The number of halogens is 1. The monoisotopic (exact) mass is 399 g/mol. The van der Waals surface area contributed by atoms with Gasteiger partial charge in [0.05, 0.1) is 6.54 Å². The molecule has 0 aromatic heterocycles. The van der Waals surface area contributed by atoms with Crippen LogP contribution in [0.3, 0.4) is 0 Å². The Hall–Kier alpha value is -0.780. The fourth-order valence-electron chi connectivity index (χ4n) is 3.21. The van der Waals surface area contributed by atoms with Crippen molar-refractivity contribution in [2.45, 2.75) is 38.5 Å². The lowest BCUT2D eigenvalue weighted by Gasteiger charge is -2.43. The van der Waals surface area contributed by atoms with Crippen molar-refractivity contribution in [1.82, 2.24) is 10.2 Å². The zero-order valence-electron chi connectivity index (χ0n) is 13.3. The lowest BCUT2D eigenvalue weighted by molar-refractivity contribution is 0.242. The molecule has 116 valence electrons. The summed E-state index contributed by atoms with van der Waals surface area (Å²) in [5.74, 6) is 1.07. The van der Waals surface area contributed by atoms with Crippen LogP contribution in [0.4, 0.5) is 0 Å². The van der Waals surface area contributed by atoms with Crippen LogP contribution in [0.1, 0.15) is 36.0 Å². The molecule has 3 rings (SSSR count). The molecule has 0 saturated heterocycles. The second-order valence-electron chi connectivity index (χ2n) is 6.41. The van der Waals surface area contributed by atoms with E-state index in [0.29, 0.717) is 5.41 Å². The molecular formula is C17H26IN3. The fraction of sp³-hybridized carbons (Fsp3) is 0.588. The van der Waals surface area contributed by atoms with Gasteiger partial charge in [-0.05, 0) is 43.4 Å². The minimum Gasteiger partial charge on any atom is -0.355 e. The molecule has 1 heterocycles. The van der Waals surface area contributed by atoms with E-state index in [1.165, 1.54) is 36.0 Å². The average Bonchev–Trinajstić information content (AvgIpc) is 2.78. The van der Waals surface area contributed by atoms with Crippen molar-refractivity contribution in [2.24, 2.45) is 4.99 Å². The maximum Gasteiger partial charge on any atom is 0.193 e. The molecule has 2 aliphatic rings. The molecule has 0 atom stereocenters. The van der Waals surface area contributed by atoms with Gasteiger partial charge in [0.15, 0.2) is 5.96 Å². The third-order valence-electron chi connectivity index (χ3n) is 5.07. The number of hydrogen-bond acceptors (Lipinski definition) is 3. The maximum atomic E-state index is 4.53. The van der Waals surface area contributed by atoms with Crippen LogP contribution < -0.4 is 5.32 Å². The normalized spacial score (nSPS) is 19.6. The van der Waals surface area contributed by atoms with Gasteiger partial charge in [-0.25, -0.2) is 0 Å². The van der Waals surface area contributed by atoms with Crippen molar-refractivity contribution < 1.29 is 0 Å². The zero-order valence-corrected chi connectivity index (χ0v) is 15.6. The predicted octanol–water partition coefficient (Wildman–Crippen LogP) is 3.23. The first kappa shape index (κ1) is 16.6. The quantitative estimate of drug-likeness (QED) is 0.791. The Morgan fingerprint density at radius 3 is 2.52 bits per heavy atom. The van der Waals surface area contributed by atoms with Gasteiger partial charge in [-0.3, -0.25) is 4.99 Å². The summed E-state index contributed by atoms with van der Waals surface area (Å²) in [6.07, 6.45) is 3.93. The summed E-state index contributed by atoms with van der Waals surface area (Å²) in [5.41, 5.74) is 4.62. The topological polar surface area (TPSA) is 27.6 Å². The van der Waals surface area contributed by atoms with Gasteiger partial charge in [-0.1, -0.05) is 24.6 Å². The van der Waals surface area contributed by atoms with E-state index < -0.39 is 0 Å². The zero-order chi connectivity index (χ0) is 14.2. The molecule has 0 unspecified atom stereocenters. The minimum absolute atomic E-state index is 0. The summed E-state index contributed by atoms with van der Waals surface area (Å²) in [6, 6.07) is 6.98. The molecule has 1 aliphatic carbocycles. The van der Waals surface area contributed by atoms with Crippen LogP contribution >= 0.6 is 24.0 Å². The number of guanidine groups is 1. The van der Waals surface area contributed by atoms with Crippen molar-refractivity contribution in [3.05, 3.63) is 34.9 Å². The Kier molecular flexibility index (Phi) is 5.17. The van der Waals surface area contributed by atoms with E-state index in [1.54, 1.807) is 0 Å². The van der Waals surface area contributed by atoms with Gasteiger partial charge in [0.2, 0.25) is 0 Å². The first-order valence-electron chi connectivity index (χ1n) is 7.68. The van der Waals surface area contributed by atoms with E-state index in [4.69, 9.17) is 0 Å². The third-order valence-corrected chi connectivity index (χ3v) is 5.07. The third kappa shape index (κ3) is 3.20. The number of hydrogen-bond donors (Lipinski definition) is 1. The second-order valence-corrected chi connectivity index (χ2v) is 6.41. The Morgan fingerprint density at radius 2 is 2.00 bits per heavy atom. The number of nitrogens with one attached hydrogen (secondary N) is 1. The molecule has 1 aromatic rings. The van der Waals surface area contributed by atoms with Crippen molar-refractivity contribution in [3.63, 3.8) is 0 Å². The van der Waals surface area contributed by atoms with Crippen molar-refractivity contribution in [3.8, 4) is 0 Å². The van der Waals surface area contributed by atoms with Crippen LogP contribution in [0.5, 0.6) is 0 Å².